The maximum Gasteiger partial charge on any atom is 0.345 e. The zero-order valence-electron chi connectivity index (χ0n) is 7.52. The summed E-state index contributed by atoms with van der Waals surface area (Å²) in [4.78, 5) is 0. The predicted molar refractivity (Wildman–Crippen MR) is 45.9 cm³/mol. The molecule has 0 atom stereocenters. The van der Waals surface area contributed by atoms with Gasteiger partial charge in [-0.05, 0) is 6.92 Å². The molecule has 0 aromatic carbocycles. The third-order valence-electron chi connectivity index (χ3n) is 1.54. The Morgan fingerprint density at radius 3 is 2.18 bits per heavy atom. The predicted octanol–water partition coefficient (Wildman–Crippen LogP) is -1.19. The number of guanidine groups is 1. The number of likely N-dealkylation sites (N-methyl/N-ethyl adjacent to an activating group) is 1. The number of hydrogen-bond acceptors (Lipinski definition) is 1. The maximum absolute atomic E-state index is 8.70. The van der Waals surface area contributed by atoms with Crippen molar-refractivity contribution < 1.29 is 9.68 Å². The molecule has 0 aliphatic heterocycles. The lowest BCUT2D eigenvalue weighted by atomic mass is 10.6. The molecule has 3 N–H and O–H groups in total. The highest BCUT2D eigenvalue weighted by Crippen LogP contribution is 1.74. The minimum atomic E-state index is 0.181. The van der Waals surface area contributed by atoms with Crippen LogP contribution in [0.25, 0.3) is 0 Å². The van der Waals surface area contributed by atoms with E-state index in [0.717, 1.165) is 12.5 Å². The van der Waals surface area contributed by atoms with Crippen molar-refractivity contribution in [2.75, 3.05) is 33.8 Å². The van der Waals surface area contributed by atoms with Crippen LogP contribution in [0.1, 0.15) is 6.92 Å². The Kier molecular flexibility index (Phi) is 5.56. The van der Waals surface area contributed by atoms with Crippen molar-refractivity contribution in [2.24, 2.45) is 0 Å². The molecular weight excluding hydrogens is 142 g/mol. The molecule has 4 heteroatoms. The first-order valence-corrected chi connectivity index (χ1v) is 3.88. The zero-order valence-corrected chi connectivity index (χ0v) is 7.52. The Morgan fingerprint density at radius 1 is 1.36 bits per heavy atom. The Labute approximate surface area is 67.9 Å². The summed E-state index contributed by atoms with van der Waals surface area (Å²) in [6.45, 7) is 3.77. The van der Waals surface area contributed by atoms with E-state index in [1.165, 1.54) is 0 Å². The highest BCUT2D eigenvalue weighted by atomic mass is 16.3. The first-order valence-electron chi connectivity index (χ1n) is 3.88. The fourth-order valence-corrected chi connectivity index (χ4v) is 0.990. The molecule has 0 aliphatic carbocycles. The van der Waals surface area contributed by atoms with Gasteiger partial charge < -0.3 is 5.11 Å². The molecule has 0 fully saturated rings. The molecule has 4 nitrogen and oxygen atoms in total. The van der Waals surface area contributed by atoms with E-state index >= 15 is 0 Å². The second kappa shape index (κ2) is 5.97. The number of hydrogen-bond donors (Lipinski definition) is 3. The topological polar surface area (TPSA) is 47.3 Å². The molecule has 66 valence electrons. The van der Waals surface area contributed by atoms with Crippen molar-refractivity contribution in [3.05, 3.63) is 0 Å². The molecule has 0 aromatic rings. The van der Waals surface area contributed by atoms with Crippen LogP contribution in [0.3, 0.4) is 0 Å². The second-order valence-electron chi connectivity index (χ2n) is 2.15. The van der Waals surface area contributed by atoms with Gasteiger partial charge in [-0.2, -0.15) is 0 Å². The van der Waals surface area contributed by atoms with E-state index in [2.05, 4.69) is 10.6 Å². The summed E-state index contributed by atoms with van der Waals surface area (Å²) in [5.41, 5.74) is 0. The van der Waals surface area contributed by atoms with Gasteiger partial charge in [-0.1, -0.05) is 0 Å². The number of aliphatic hydroxyl groups is 1. The Bertz CT molecular complexity index is 128. The fourth-order valence-electron chi connectivity index (χ4n) is 0.990. The third kappa shape index (κ3) is 3.23. The monoisotopic (exact) mass is 160 g/mol. The minimum absolute atomic E-state index is 0.181. The first-order chi connectivity index (χ1) is 5.29. The normalized spacial score (nSPS) is 9.09. The molecule has 0 bridgehead atoms. The van der Waals surface area contributed by atoms with Gasteiger partial charge in [0.2, 0.25) is 0 Å². The zero-order chi connectivity index (χ0) is 8.69. The summed E-state index contributed by atoms with van der Waals surface area (Å²) in [6.07, 6.45) is 0. The average molecular weight is 160 g/mol. The lowest BCUT2D eigenvalue weighted by molar-refractivity contribution is -0.530. The molecule has 0 saturated carbocycles. The van der Waals surface area contributed by atoms with Gasteiger partial charge in [-0.15, -0.1) is 0 Å². The summed E-state index contributed by atoms with van der Waals surface area (Å²) in [7, 11) is 3.71. The van der Waals surface area contributed by atoms with Gasteiger partial charge in [-0.25, -0.2) is 0 Å². The second-order valence-corrected chi connectivity index (χ2v) is 2.15. The Balaban J connectivity index is 4.21. The van der Waals surface area contributed by atoms with Crippen molar-refractivity contribution in [1.29, 1.82) is 0 Å². The SMILES string of the molecule is CC[N+](CCO)=C(NC)NC. The van der Waals surface area contributed by atoms with Crippen molar-refractivity contribution >= 4 is 5.96 Å². The largest absolute Gasteiger partial charge is 0.393 e. The quantitative estimate of drug-likeness (QED) is 0.276. The van der Waals surface area contributed by atoms with Crippen molar-refractivity contribution in [3.63, 3.8) is 0 Å². The van der Waals surface area contributed by atoms with Crippen molar-refractivity contribution in [3.8, 4) is 0 Å². The highest BCUT2D eigenvalue weighted by Gasteiger charge is 2.04. The highest BCUT2D eigenvalue weighted by molar-refractivity contribution is 5.73. The Hall–Kier alpha value is -0.770. The average Bonchev–Trinajstić information content (AvgIpc) is 2.05. The van der Waals surface area contributed by atoms with Crippen LogP contribution < -0.4 is 10.6 Å². The minimum Gasteiger partial charge on any atom is -0.393 e. The maximum atomic E-state index is 8.70. The first kappa shape index (κ1) is 10.2. The van der Waals surface area contributed by atoms with Gasteiger partial charge in [0, 0.05) is 0 Å². The summed E-state index contributed by atoms with van der Waals surface area (Å²) in [5.74, 6) is 0.946. The molecule has 0 saturated heterocycles. The van der Waals surface area contributed by atoms with Crippen LogP contribution in [-0.4, -0.2) is 49.4 Å². The van der Waals surface area contributed by atoms with Crippen LogP contribution in [0.4, 0.5) is 0 Å². The van der Waals surface area contributed by atoms with E-state index in [-0.39, 0.29) is 6.61 Å². The van der Waals surface area contributed by atoms with Crippen LogP contribution in [0.2, 0.25) is 0 Å². The number of rotatable bonds is 3. The van der Waals surface area contributed by atoms with Crippen molar-refractivity contribution in [2.45, 2.75) is 6.92 Å². The lowest BCUT2D eigenvalue weighted by Gasteiger charge is -2.07. The van der Waals surface area contributed by atoms with E-state index in [4.69, 9.17) is 5.11 Å². The number of aliphatic hydroxyl groups excluding tert-OH is 1. The standard InChI is InChI=1S/C7H17N3O/c1-4-10(5-6-11)7(8-2)9-3/h11H,4-6H2,1-3H3,(H,8,9)/p+1. The summed E-state index contributed by atoms with van der Waals surface area (Å²) in [6, 6.07) is 0. The van der Waals surface area contributed by atoms with Gasteiger partial charge in [0.1, 0.15) is 0 Å². The van der Waals surface area contributed by atoms with E-state index in [0.29, 0.717) is 6.54 Å². The van der Waals surface area contributed by atoms with Crippen LogP contribution in [-0.2, 0) is 0 Å². The van der Waals surface area contributed by atoms with Crippen LogP contribution in [0.5, 0.6) is 0 Å². The van der Waals surface area contributed by atoms with Crippen LogP contribution in [0, 0.1) is 0 Å². The lowest BCUT2D eigenvalue weighted by Crippen LogP contribution is -2.42. The third-order valence-corrected chi connectivity index (χ3v) is 1.54. The molecule has 0 rings (SSSR count). The van der Waals surface area contributed by atoms with Gasteiger partial charge in [-0.3, -0.25) is 15.2 Å². The number of nitrogens with zero attached hydrogens (tertiary/aromatic N) is 1. The van der Waals surface area contributed by atoms with E-state index in [1.807, 2.05) is 25.6 Å². The Morgan fingerprint density at radius 2 is 1.91 bits per heavy atom. The molecular formula is C7H18N3O+. The van der Waals surface area contributed by atoms with Gasteiger partial charge in [0.25, 0.3) is 0 Å². The smallest absolute Gasteiger partial charge is 0.345 e. The van der Waals surface area contributed by atoms with Gasteiger partial charge in [0.15, 0.2) is 0 Å². The molecule has 0 radical (unpaired) electrons. The molecule has 0 unspecified atom stereocenters. The molecule has 0 heterocycles. The van der Waals surface area contributed by atoms with E-state index < -0.39 is 0 Å². The summed E-state index contributed by atoms with van der Waals surface area (Å²) in [5, 5.41) is 14.7. The van der Waals surface area contributed by atoms with Gasteiger partial charge in [0.05, 0.1) is 33.8 Å². The molecule has 0 amide bonds. The summed E-state index contributed by atoms with van der Waals surface area (Å²) >= 11 is 0. The van der Waals surface area contributed by atoms with E-state index in [1.54, 1.807) is 0 Å². The van der Waals surface area contributed by atoms with E-state index in [9.17, 15) is 0 Å². The number of nitrogens with one attached hydrogen (secondary N) is 2. The van der Waals surface area contributed by atoms with Gasteiger partial charge >= 0.3 is 5.96 Å². The molecule has 0 spiro atoms. The van der Waals surface area contributed by atoms with Crippen LogP contribution in [0.15, 0.2) is 0 Å². The molecule has 0 aromatic heterocycles. The fraction of sp³-hybridized carbons (Fsp3) is 0.857. The summed E-state index contributed by atoms with van der Waals surface area (Å²) < 4.78 is 2.03. The van der Waals surface area contributed by atoms with Crippen molar-refractivity contribution in [1.82, 2.24) is 10.6 Å². The van der Waals surface area contributed by atoms with Crippen LogP contribution >= 0.6 is 0 Å². The molecule has 11 heavy (non-hydrogen) atoms. The molecule has 0 aliphatic rings.